The molecule has 7 rings (SSSR count). The van der Waals surface area contributed by atoms with E-state index >= 15 is 0 Å². The van der Waals surface area contributed by atoms with E-state index in [1.54, 1.807) is 6.92 Å². The van der Waals surface area contributed by atoms with Crippen LogP contribution in [0.1, 0.15) is 99.8 Å². The number of allylic oxidation sites excluding steroid dienone is 3. The van der Waals surface area contributed by atoms with Gasteiger partial charge in [-0.1, -0.05) is 59.3 Å². The predicted octanol–water partition coefficient (Wildman–Crippen LogP) is 1.68. The lowest BCUT2D eigenvalue weighted by molar-refractivity contribution is -0.367. The molecular weight excluding hydrogens is 712 g/mol. The molecule has 2 heterocycles. The van der Waals surface area contributed by atoms with E-state index in [0.29, 0.717) is 12.8 Å². The Hall–Kier alpha value is -1.04. The molecule has 0 amide bonds. The summed E-state index contributed by atoms with van der Waals surface area (Å²) in [4.78, 5) is 0. The van der Waals surface area contributed by atoms with Crippen molar-refractivity contribution in [3.8, 4) is 0 Å². The number of hydrogen-bond donors (Lipinski definition) is 9. The number of ether oxygens (including phenoxy) is 4. The van der Waals surface area contributed by atoms with E-state index in [-0.39, 0.29) is 46.7 Å². The summed E-state index contributed by atoms with van der Waals surface area (Å²) in [5.74, 6) is 0.154. The highest BCUT2D eigenvalue weighted by molar-refractivity contribution is 5.47. The van der Waals surface area contributed by atoms with Gasteiger partial charge in [-0.05, 0) is 91.9 Å². The molecule has 314 valence electrons. The lowest BCUT2D eigenvalue weighted by atomic mass is 9.35. The highest BCUT2D eigenvalue weighted by atomic mass is 16.7. The number of fused-ring (bicyclic) bond motifs is 6. The molecule has 2 saturated heterocycles. The zero-order valence-corrected chi connectivity index (χ0v) is 33.7. The maximum atomic E-state index is 12.0. The number of hydrogen-bond acceptors (Lipinski definition) is 13. The summed E-state index contributed by atoms with van der Waals surface area (Å²) in [7, 11) is 0. The van der Waals surface area contributed by atoms with E-state index in [9.17, 15) is 46.0 Å². The second-order valence-electron chi connectivity index (χ2n) is 20.3. The van der Waals surface area contributed by atoms with Crippen molar-refractivity contribution >= 4 is 0 Å². The van der Waals surface area contributed by atoms with Gasteiger partial charge < -0.3 is 64.9 Å². The molecule has 19 atom stereocenters. The van der Waals surface area contributed by atoms with E-state index in [2.05, 4.69) is 46.8 Å². The van der Waals surface area contributed by atoms with Crippen molar-refractivity contribution in [1.82, 2.24) is 0 Å². The zero-order valence-electron chi connectivity index (χ0n) is 33.7. The van der Waals surface area contributed by atoms with Crippen LogP contribution < -0.4 is 0 Å². The van der Waals surface area contributed by atoms with Crippen LogP contribution in [0, 0.1) is 44.3 Å². The minimum atomic E-state index is -1.73. The molecule has 2 aliphatic heterocycles. The van der Waals surface area contributed by atoms with E-state index in [0.717, 1.165) is 38.5 Å². The third-order valence-electron chi connectivity index (χ3n) is 16.8. The summed E-state index contributed by atoms with van der Waals surface area (Å²) in [6.07, 6.45) is -4.63. The predicted molar refractivity (Wildman–Crippen MR) is 199 cm³/mol. The number of aliphatic hydroxyl groups is 9. The van der Waals surface area contributed by atoms with Gasteiger partial charge in [0, 0.05) is 16.2 Å². The van der Waals surface area contributed by atoms with Crippen molar-refractivity contribution in [2.45, 2.75) is 173 Å². The molecule has 5 fully saturated rings. The van der Waals surface area contributed by atoms with Crippen molar-refractivity contribution in [3.05, 3.63) is 23.3 Å². The van der Waals surface area contributed by atoms with Gasteiger partial charge in [0.15, 0.2) is 12.6 Å². The molecule has 5 aliphatic carbocycles. The van der Waals surface area contributed by atoms with Crippen LogP contribution in [0.4, 0.5) is 0 Å². The van der Waals surface area contributed by atoms with Crippen LogP contribution in [0.25, 0.3) is 0 Å². The standard InChI is InChI=1S/C42H68O13/c1-21-29(47)34(55-35-32(50)31(49)30(48)24(18-43)53-35)33(51)36(52-21)54-28-11-12-38(4)25(39(28,5)19-44)10-13-40(6)26(38)9-8-22-23-16-37(2,3)14-15-42(23,20-45)27(46)17-41(22,40)7/h8-9,21,24-36,43-51H,10-20H2,1-7H3/t21-,24+,25-,26-,27-,28+,29-,30+,31-,32-,33-,34+,35-,36+,38+,39+,40-,41-,42-/m1/s1. The van der Waals surface area contributed by atoms with Crippen molar-refractivity contribution in [1.29, 1.82) is 0 Å². The molecule has 55 heavy (non-hydrogen) atoms. The van der Waals surface area contributed by atoms with Gasteiger partial charge >= 0.3 is 0 Å². The average Bonchev–Trinajstić information content (AvgIpc) is 3.13. The molecule has 0 spiro atoms. The largest absolute Gasteiger partial charge is 0.396 e. The molecule has 0 aromatic carbocycles. The topological polar surface area (TPSA) is 219 Å². The Bertz CT molecular complexity index is 1500. The van der Waals surface area contributed by atoms with Crippen LogP contribution in [0.3, 0.4) is 0 Å². The van der Waals surface area contributed by atoms with Crippen LogP contribution in [0.5, 0.6) is 0 Å². The molecule has 3 saturated carbocycles. The average molecular weight is 781 g/mol. The molecule has 9 N–H and O–H groups in total. The molecule has 0 unspecified atom stereocenters. The lowest BCUT2D eigenvalue weighted by Gasteiger charge is -2.70. The maximum absolute atomic E-state index is 12.0. The zero-order chi connectivity index (χ0) is 40.3. The first kappa shape index (κ1) is 42.1. The molecule has 13 nitrogen and oxygen atoms in total. The smallest absolute Gasteiger partial charge is 0.187 e. The Balaban J connectivity index is 1.15. The Morgan fingerprint density at radius 2 is 1.44 bits per heavy atom. The molecule has 7 aliphatic rings. The van der Waals surface area contributed by atoms with Gasteiger partial charge in [-0.25, -0.2) is 0 Å². The molecule has 0 aromatic heterocycles. The molecule has 0 bridgehead atoms. The molecular formula is C42H68O13. The highest BCUT2D eigenvalue weighted by Crippen LogP contribution is 2.74. The Morgan fingerprint density at radius 1 is 0.745 bits per heavy atom. The first-order valence-electron chi connectivity index (χ1n) is 20.6. The Kier molecular flexibility index (Phi) is 11.0. The van der Waals surface area contributed by atoms with Crippen molar-refractivity contribution in [2.75, 3.05) is 19.8 Å². The first-order chi connectivity index (χ1) is 25.7. The summed E-state index contributed by atoms with van der Waals surface area (Å²) in [6.45, 7) is 14.4. The third-order valence-corrected chi connectivity index (χ3v) is 16.8. The van der Waals surface area contributed by atoms with Gasteiger partial charge in [-0.3, -0.25) is 0 Å². The Labute approximate surface area is 325 Å². The SMILES string of the molecule is C[C@H]1O[C@@H](O[C@H]2CC[C@@]3(C)[C@@H](CC[C@]4(C)[C@@H]3C=CC3=C5CC(C)(C)CC[C@]5(CO)[C@H](O)C[C@]34C)[C@]2(C)CO)[C@H](O)[C@@H](O[C@H]2O[C@@H](CO)[C@H](O)[C@@H](O)[C@H]2O)[C@@H]1O. The van der Waals surface area contributed by atoms with Crippen LogP contribution >= 0.6 is 0 Å². The van der Waals surface area contributed by atoms with Crippen molar-refractivity contribution in [3.63, 3.8) is 0 Å². The summed E-state index contributed by atoms with van der Waals surface area (Å²) in [6, 6.07) is 0. The summed E-state index contributed by atoms with van der Waals surface area (Å²) >= 11 is 0. The fourth-order valence-electron chi connectivity index (χ4n) is 13.0. The fraction of sp³-hybridized carbons (Fsp3) is 0.905. The van der Waals surface area contributed by atoms with Gasteiger partial charge in [-0.15, -0.1) is 0 Å². The van der Waals surface area contributed by atoms with Crippen LogP contribution in [-0.4, -0.2) is 139 Å². The Morgan fingerprint density at radius 3 is 2.09 bits per heavy atom. The van der Waals surface area contributed by atoms with Crippen LogP contribution in [-0.2, 0) is 18.9 Å². The summed E-state index contributed by atoms with van der Waals surface area (Å²) in [5, 5.41) is 97.6. The second-order valence-corrected chi connectivity index (χ2v) is 20.3. The van der Waals surface area contributed by atoms with E-state index in [1.807, 2.05) is 6.92 Å². The monoisotopic (exact) mass is 780 g/mol. The third kappa shape index (κ3) is 6.12. The minimum Gasteiger partial charge on any atom is -0.396 e. The van der Waals surface area contributed by atoms with Gasteiger partial charge in [-0.2, -0.15) is 0 Å². The summed E-state index contributed by atoms with van der Waals surface area (Å²) in [5.41, 5.74) is 0.476. The van der Waals surface area contributed by atoms with E-state index in [1.165, 1.54) is 11.1 Å². The number of rotatable bonds is 7. The lowest BCUT2D eigenvalue weighted by Crippen LogP contribution is -2.67. The van der Waals surface area contributed by atoms with E-state index < -0.39 is 91.1 Å². The second kappa shape index (κ2) is 14.3. The molecule has 0 aromatic rings. The highest BCUT2D eigenvalue weighted by Gasteiger charge is 2.69. The number of aliphatic hydroxyl groups excluding tert-OH is 9. The molecule has 13 heteroatoms. The normalized spacial score (nSPS) is 54.9. The fourth-order valence-corrected chi connectivity index (χ4v) is 13.0. The van der Waals surface area contributed by atoms with Gasteiger partial charge in [0.05, 0.1) is 38.1 Å². The van der Waals surface area contributed by atoms with Gasteiger partial charge in [0.2, 0.25) is 0 Å². The van der Waals surface area contributed by atoms with Gasteiger partial charge in [0.1, 0.15) is 42.7 Å². The van der Waals surface area contributed by atoms with Crippen molar-refractivity contribution < 1.29 is 64.9 Å². The van der Waals surface area contributed by atoms with Gasteiger partial charge in [0.25, 0.3) is 0 Å². The van der Waals surface area contributed by atoms with Crippen molar-refractivity contribution in [2.24, 2.45) is 44.3 Å². The first-order valence-corrected chi connectivity index (χ1v) is 20.6. The maximum Gasteiger partial charge on any atom is 0.187 e. The van der Waals surface area contributed by atoms with E-state index in [4.69, 9.17) is 18.9 Å². The summed E-state index contributed by atoms with van der Waals surface area (Å²) < 4.78 is 24.0. The molecule has 0 radical (unpaired) electrons. The van der Waals surface area contributed by atoms with Crippen LogP contribution in [0.2, 0.25) is 0 Å². The quantitative estimate of drug-likeness (QED) is 0.168. The van der Waals surface area contributed by atoms with Crippen LogP contribution in [0.15, 0.2) is 23.3 Å². The minimum absolute atomic E-state index is 0.0212.